The molecule has 0 aliphatic carbocycles. The molecule has 0 amide bonds. The molecule has 0 radical (unpaired) electrons. The second-order valence-corrected chi connectivity index (χ2v) is 5.11. The van der Waals surface area contributed by atoms with Gasteiger partial charge in [0.25, 0.3) is 0 Å². The van der Waals surface area contributed by atoms with Gasteiger partial charge in [-0.2, -0.15) is 0 Å². The Kier molecular flexibility index (Phi) is 4.26. The van der Waals surface area contributed by atoms with E-state index in [4.69, 9.17) is 4.74 Å². The number of H-pyrrole nitrogens is 1. The largest absolute Gasteiger partial charge is 0.465 e. The quantitative estimate of drug-likeness (QED) is 0.724. The Labute approximate surface area is 134 Å². The van der Waals surface area contributed by atoms with Gasteiger partial charge >= 0.3 is 5.97 Å². The van der Waals surface area contributed by atoms with E-state index in [9.17, 15) is 9.90 Å². The van der Waals surface area contributed by atoms with Gasteiger partial charge in [0, 0.05) is 5.56 Å². The number of rotatable bonds is 4. The molecule has 0 unspecified atom stereocenters. The third-order valence-electron chi connectivity index (χ3n) is 3.78. The van der Waals surface area contributed by atoms with Gasteiger partial charge in [0.1, 0.15) is 0 Å². The number of aromatic amines is 1. The van der Waals surface area contributed by atoms with Crippen LogP contribution in [0, 0.1) is 0 Å². The van der Waals surface area contributed by atoms with Gasteiger partial charge in [0.15, 0.2) is 0 Å². The first-order chi connectivity index (χ1) is 11.3. The number of esters is 1. The van der Waals surface area contributed by atoms with Gasteiger partial charge < -0.3 is 14.8 Å². The first-order valence-corrected chi connectivity index (χ1v) is 7.31. The maximum absolute atomic E-state index is 12.3. The smallest absolute Gasteiger partial charge is 0.340 e. The predicted octanol–water partition coefficient (Wildman–Crippen LogP) is 3.63. The number of ether oxygens (including phenoxy) is 1. The number of carbonyl (C=O) groups excluding carboxylic acids is 1. The molecular weight excluding hydrogens is 290 g/mol. The number of benzene rings is 2. The third kappa shape index (κ3) is 2.76. The van der Waals surface area contributed by atoms with Gasteiger partial charge in [0.05, 0.1) is 30.7 Å². The van der Waals surface area contributed by atoms with Crippen molar-refractivity contribution in [3.63, 3.8) is 0 Å². The van der Waals surface area contributed by atoms with Crippen LogP contribution < -0.4 is 0 Å². The molecule has 1 aromatic heterocycles. The molecular formula is C19H17NO3. The summed E-state index contributed by atoms with van der Waals surface area (Å²) < 4.78 is 4.92. The summed E-state index contributed by atoms with van der Waals surface area (Å²) in [5, 5.41) is 9.84. The molecule has 4 heteroatoms. The third-order valence-corrected chi connectivity index (χ3v) is 3.78. The molecule has 3 rings (SSSR count). The molecule has 3 aromatic rings. The molecule has 0 bridgehead atoms. The summed E-state index contributed by atoms with van der Waals surface area (Å²) in [7, 11) is 1.34. The highest BCUT2D eigenvalue weighted by molar-refractivity contribution is 6.00. The Balaban J connectivity index is 2.27. The number of hydrogen-bond acceptors (Lipinski definition) is 3. The summed E-state index contributed by atoms with van der Waals surface area (Å²) in [4.78, 5) is 15.6. The average Bonchev–Trinajstić information content (AvgIpc) is 3.02. The lowest BCUT2D eigenvalue weighted by atomic mass is 10.0. The Morgan fingerprint density at radius 1 is 0.957 bits per heavy atom. The number of methoxy groups -OCH3 is 1. The van der Waals surface area contributed by atoms with Crippen LogP contribution in [0.5, 0.6) is 0 Å². The summed E-state index contributed by atoms with van der Waals surface area (Å²) >= 11 is 0. The maximum Gasteiger partial charge on any atom is 0.340 e. The van der Waals surface area contributed by atoms with E-state index < -0.39 is 5.97 Å². The van der Waals surface area contributed by atoms with Gasteiger partial charge in [-0.15, -0.1) is 0 Å². The van der Waals surface area contributed by atoms with Gasteiger partial charge in [0.2, 0.25) is 0 Å². The topological polar surface area (TPSA) is 62.3 Å². The summed E-state index contributed by atoms with van der Waals surface area (Å²) in [5.74, 6) is -0.466. The van der Waals surface area contributed by atoms with Crippen molar-refractivity contribution in [2.75, 3.05) is 7.11 Å². The zero-order chi connectivity index (χ0) is 16.2. The zero-order valence-corrected chi connectivity index (χ0v) is 12.7. The van der Waals surface area contributed by atoms with E-state index in [-0.39, 0.29) is 6.61 Å². The lowest BCUT2D eigenvalue weighted by Crippen LogP contribution is -2.05. The fraction of sp³-hybridized carbons (Fsp3) is 0.105. The highest BCUT2D eigenvalue weighted by Gasteiger charge is 2.24. The Morgan fingerprint density at radius 2 is 1.48 bits per heavy atom. The van der Waals surface area contributed by atoms with Crippen molar-refractivity contribution in [1.29, 1.82) is 0 Å². The van der Waals surface area contributed by atoms with Crippen LogP contribution in [-0.4, -0.2) is 23.2 Å². The highest BCUT2D eigenvalue weighted by Crippen LogP contribution is 2.34. The van der Waals surface area contributed by atoms with Crippen molar-refractivity contribution >= 4 is 5.97 Å². The second kappa shape index (κ2) is 6.50. The lowest BCUT2D eigenvalue weighted by molar-refractivity contribution is 0.0598. The Hall–Kier alpha value is -2.85. The monoisotopic (exact) mass is 307 g/mol. The van der Waals surface area contributed by atoms with Crippen molar-refractivity contribution in [2.24, 2.45) is 0 Å². The molecule has 1 heterocycles. The molecule has 0 atom stereocenters. The van der Waals surface area contributed by atoms with E-state index in [1.54, 1.807) is 0 Å². The Morgan fingerprint density at radius 3 is 1.96 bits per heavy atom. The van der Waals surface area contributed by atoms with Crippen molar-refractivity contribution in [1.82, 2.24) is 4.98 Å². The maximum atomic E-state index is 12.3. The number of nitrogens with one attached hydrogen (secondary N) is 1. The number of aliphatic hydroxyl groups excluding tert-OH is 1. The second-order valence-electron chi connectivity index (χ2n) is 5.11. The SMILES string of the molecule is COC(=O)c1c(-c2ccccc2)[nH]c(-c2ccccc2)c1CO. The van der Waals surface area contributed by atoms with Crippen molar-refractivity contribution in [3.05, 3.63) is 71.8 Å². The molecule has 0 saturated heterocycles. The van der Waals surface area contributed by atoms with Crippen molar-refractivity contribution in [2.45, 2.75) is 6.61 Å². The fourth-order valence-corrected chi connectivity index (χ4v) is 2.70. The van der Waals surface area contributed by atoms with Crippen LogP contribution >= 0.6 is 0 Å². The van der Waals surface area contributed by atoms with Crippen LogP contribution in [0.15, 0.2) is 60.7 Å². The van der Waals surface area contributed by atoms with E-state index in [1.165, 1.54) is 7.11 Å². The number of aromatic nitrogens is 1. The van der Waals surface area contributed by atoms with E-state index >= 15 is 0 Å². The number of carbonyl (C=O) groups is 1. The predicted molar refractivity (Wildman–Crippen MR) is 88.9 cm³/mol. The molecule has 0 spiro atoms. The van der Waals surface area contributed by atoms with Gasteiger partial charge in [-0.05, 0) is 11.1 Å². The summed E-state index contributed by atoms with van der Waals surface area (Å²) in [5.41, 5.74) is 4.07. The standard InChI is InChI=1S/C19H17NO3/c1-23-19(22)16-15(12-21)17(13-8-4-2-5-9-13)20-18(16)14-10-6-3-7-11-14/h2-11,20-21H,12H2,1H3. The van der Waals surface area contributed by atoms with Gasteiger partial charge in [-0.25, -0.2) is 4.79 Å². The average molecular weight is 307 g/mol. The van der Waals surface area contributed by atoms with Crippen LogP contribution in [0.25, 0.3) is 22.5 Å². The summed E-state index contributed by atoms with van der Waals surface area (Å²) in [6.07, 6.45) is 0. The Bertz CT molecular complexity index is 807. The summed E-state index contributed by atoms with van der Waals surface area (Å²) in [6.45, 7) is -0.252. The zero-order valence-electron chi connectivity index (χ0n) is 12.7. The van der Waals surface area contributed by atoms with Crippen LogP contribution in [0.4, 0.5) is 0 Å². The first kappa shape index (κ1) is 15.1. The number of hydrogen-bond donors (Lipinski definition) is 2. The minimum Gasteiger partial charge on any atom is -0.465 e. The van der Waals surface area contributed by atoms with E-state index in [2.05, 4.69) is 4.98 Å². The summed E-state index contributed by atoms with van der Waals surface area (Å²) in [6, 6.07) is 19.1. The highest BCUT2D eigenvalue weighted by atomic mass is 16.5. The number of aliphatic hydroxyl groups is 1. The fourth-order valence-electron chi connectivity index (χ4n) is 2.70. The van der Waals surface area contributed by atoms with E-state index in [1.807, 2.05) is 60.7 Å². The van der Waals surface area contributed by atoms with Crippen molar-refractivity contribution in [3.8, 4) is 22.5 Å². The molecule has 0 aliphatic rings. The molecule has 116 valence electrons. The molecule has 2 N–H and O–H groups in total. The van der Waals surface area contributed by atoms with E-state index in [0.717, 1.165) is 16.8 Å². The van der Waals surface area contributed by atoms with E-state index in [0.29, 0.717) is 16.8 Å². The molecule has 2 aromatic carbocycles. The molecule has 23 heavy (non-hydrogen) atoms. The molecule has 0 saturated carbocycles. The first-order valence-electron chi connectivity index (χ1n) is 7.31. The van der Waals surface area contributed by atoms with Crippen LogP contribution in [-0.2, 0) is 11.3 Å². The normalized spacial score (nSPS) is 10.5. The minimum absolute atomic E-state index is 0.252. The minimum atomic E-state index is -0.466. The molecule has 4 nitrogen and oxygen atoms in total. The lowest BCUT2D eigenvalue weighted by Gasteiger charge is -2.05. The van der Waals surface area contributed by atoms with Gasteiger partial charge in [-0.3, -0.25) is 0 Å². The van der Waals surface area contributed by atoms with Crippen LogP contribution in [0.2, 0.25) is 0 Å². The molecule has 0 fully saturated rings. The van der Waals surface area contributed by atoms with Gasteiger partial charge in [-0.1, -0.05) is 60.7 Å². The van der Waals surface area contributed by atoms with Crippen LogP contribution in [0.1, 0.15) is 15.9 Å². The van der Waals surface area contributed by atoms with Crippen molar-refractivity contribution < 1.29 is 14.6 Å². The molecule has 0 aliphatic heterocycles. The van der Waals surface area contributed by atoms with Crippen LogP contribution in [0.3, 0.4) is 0 Å².